The zero-order chi connectivity index (χ0) is 21.1. The quantitative estimate of drug-likeness (QED) is 0.442. The Labute approximate surface area is 174 Å². The number of aliphatic hydroxyl groups is 1. The fourth-order valence-corrected chi connectivity index (χ4v) is 4.90. The molecular formula is C18H29N5O5S. The Hall–Kier alpha value is -1.82. The predicted molar refractivity (Wildman–Crippen MR) is 108 cm³/mol. The number of anilines is 1. The molecule has 4 N–H and O–H groups in total. The van der Waals surface area contributed by atoms with Gasteiger partial charge in [-0.3, -0.25) is 9.59 Å². The summed E-state index contributed by atoms with van der Waals surface area (Å²) in [6.07, 6.45) is 0.475. The molecule has 1 aromatic heterocycles. The topological polar surface area (TPSA) is 127 Å². The molecule has 1 aromatic rings. The molecule has 2 aliphatic rings. The lowest BCUT2D eigenvalue weighted by atomic mass is 10.1. The third kappa shape index (κ3) is 4.52. The molecule has 5 atom stereocenters. The van der Waals surface area contributed by atoms with E-state index in [4.69, 9.17) is 9.47 Å². The standard InChI is InChI=1S/C18H29N5O5S/c1-5-10-12(24)13(28-7-6-27-4)17(29-10)23-8-19-11-14(23)20-18(22-16(11)26)21-15(25)9(2)3/h8-10,12-13,17-18,20,24H,5-7H2,1-4H3,(H,21,25)(H,22,26)/t10-,12?,13+,17-,18?/m1/s1. The maximum absolute atomic E-state index is 12.5. The molecule has 0 aliphatic carbocycles. The first kappa shape index (κ1) is 21.9. The Kier molecular flexibility index (Phi) is 7.04. The number of carbonyl (C=O) groups excluding carboxylic acids is 2. The molecule has 3 heterocycles. The lowest BCUT2D eigenvalue weighted by Crippen LogP contribution is -2.56. The second-order valence-electron chi connectivity index (χ2n) is 7.36. The summed E-state index contributed by atoms with van der Waals surface area (Å²) in [6.45, 7) is 6.34. The van der Waals surface area contributed by atoms with Gasteiger partial charge in [0.05, 0.1) is 25.6 Å². The fourth-order valence-electron chi connectivity index (χ4n) is 3.34. The molecule has 1 saturated heterocycles. The highest BCUT2D eigenvalue weighted by Gasteiger charge is 2.46. The van der Waals surface area contributed by atoms with Gasteiger partial charge < -0.3 is 35.1 Å². The Morgan fingerprint density at radius 1 is 1.41 bits per heavy atom. The average molecular weight is 428 g/mol. The number of methoxy groups -OCH3 is 1. The Balaban J connectivity index is 1.84. The summed E-state index contributed by atoms with van der Waals surface area (Å²) >= 11 is 1.58. The zero-order valence-corrected chi connectivity index (χ0v) is 17.9. The van der Waals surface area contributed by atoms with Crippen LogP contribution in [-0.2, 0) is 14.3 Å². The van der Waals surface area contributed by atoms with Crippen molar-refractivity contribution in [1.29, 1.82) is 0 Å². The van der Waals surface area contributed by atoms with Crippen LogP contribution in [0, 0.1) is 5.92 Å². The first-order valence-corrected chi connectivity index (χ1v) is 10.7. The first-order chi connectivity index (χ1) is 13.9. The van der Waals surface area contributed by atoms with Crippen molar-refractivity contribution in [2.45, 2.75) is 56.3 Å². The molecule has 0 saturated carbocycles. The van der Waals surface area contributed by atoms with E-state index in [1.165, 1.54) is 0 Å². The van der Waals surface area contributed by atoms with E-state index in [-0.39, 0.29) is 34.1 Å². The van der Waals surface area contributed by atoms with Crippen LogP contribution in [0.4, 0.5) is 5.82 Å². The maximum atomic E-state index is 12.5. The third-order valence-electron chi connectivity index (χ3n) is 4.96. The van der Waals surface area contributed by atoms with Crippen molar-refractivity contribution < 1.29 is 24.2 Å². The normalized spacial score (nSPS) is 28.8. The van der Waals surface area contributed by atoms with E-state index >= 15 is 0 Å². The number of amides is 2. The molecule has 1 fully saturated rings. The molecule has 0 bridgehead atoms. The van der Waals surface area contributed by atoms with Gasteiger partial charge in [-0.05, 0) is 6.42 Å². The lowest BCUT2D eigenvalue weighted by molar-refractivity contribution is -0.124. The number of carbonyl (C=O) groups is 2. The van der Waals surface area contributed by atoms with E-state index in [0.717, 1.165) is 6.42 Å². The average Bonchev–Trinajstić information content (AvgIpc) is 3.23. The zero-order valence-electron chi connectivity index (χ0n) is 17.0. The van der Waals surface area contributed by atoms with Crippen molar-refractivity contribution >= 4 is 29.4 Å². The van der Waals surface area contributed by atoms with Gasteiger partial charge in [-0.15, -0.1) is 11.8 Å². The highest BCUT2D eigenvalue weighted by Crippen LogP contribution is 2.46. The summed E-state index contributed by atoms with van der Waals surface area (Å²) in [5.74, 6) is -0.289. The minimum Gasteiger partial charge on any atom is -0.389 e. The van der Waals surface area contributed by atoms with Crippen molar-refractivity contribution in [2.24, 2.45) is 5.92 Å². The van der Waals surface area contributed by atoms with E-state index < -0.39 is 18.5 Å². The van der Waals surface area contributed by atoms with Crippen molar-refractivity contribution in [1.82, 2.24) is 20.2 Å². The number of aromatic nitrogens is 2. The summed E-state index contributed by atoms with van der Waals surface area (Å²) in [5, 5.41) is 19.0. The highest BCUT2D eigenvalue weighted by molar-refractivity contribution is 8.00. The fraction of sp³-hybridized carbons (Fsp3) is 0.722. The van der Waals surface area contributed by atoms with Crippen LogP contribution in [0.2, 0.25) is 0 Å². The molecule has 0 spiro atoms. The summed E-state index contributed by atoms with van der Waals surface area (Å²) in [4.78, 5) is 28.7. The molecule has 2 amide bonds. The van der Waals surface area contributed by atoms with Crippen LogP contribution in [-0.4, -0.2) is 70.5 Å². The van der Waals surface area contributed by atoms with E-state index in [1.807, 2.05) is 11.5 Å². The van der Waals surface area contributed by atoms with Gasteiger partial charge in [0.2, 0.25) is 5.91 Å². The Morgan fingerprint density at radius 2 is 2.17 bits per heavy atom. The number of hydrogen-bond acceptors (Lipinski definition) is 8. The molecule has 3 rings (SSSR count). The first-order valence-electron chi connectivity index (χ1n) is 9.76. The van der Waals surface area contributed by atoms with Crippen molar-refractivity contribution in [3.8, 4) is 0 Å². The van der Waals surface area contributed by atoms with Gasteiger partial charge in [-0.1, -0.05) is 20.8 Å². The monoisotopic (exact) mass is 427 g/mol. The van der Waals surface area contributed by atoms with Crippen LogP contribution in [0.1, 0.15) is 43.1 Å². The number of ether oxygens (including phenoxy) is 2. The minimum atomic E-state index is -0.744. The van der Waals surface area contributed by atoms with Gasteiger partial charge in [-0.2, -0.15) is 0 Å². The van der Waals surface area contributed by atoms with Crippen LogP contribution in [0.5, 0.6) is 0 Å². The van der Waals surface area contributed by atoms with Crippen LogP contribution in [0.3, 0.4) is 0 Å². The summed E-state index contributed by atoms with van der Waals surface area (Å²) in [7, 11) is 1.59. The molecular weight excluding hydrogens is 398 g/mol. The summed E-state index contributed by atoms with van der Waals surface area (Å²) in [6, 6.07) is 0. The molecule has 10 nitrogen and oxygen atoms in total. The second-order valence-corrected chi connectivity index (χ2v) is 8.72. The molecule has 11 heteroatoms. The Bertz CT molecular complexity index is 742. The maximum Gasteiger partial charge on any atom is 0.276 e. The van der Waals surface area contributed by atoms with Crippen LogP contribution in [0.25, 0.3) is 0 Å². The number of rotatable bonds is 8. The van der Waals surface area contributed by atoms with Crippen molar-refractivity contribution in [2.75, 3.05) is 25.6 Å². The van der Waals surface area contributed by atoms with Crippen LogP contribution in [0.15, 0.2) is 6.33 Å². The van der Waals surface area contributed by atoms with Crippen molar-refractivity contribution in [3.05, 3.63) is 12.0 Å². The molecule has 0 radical (unpaired) electrons. The van der Waals surface area contributed by atoms with Gasteiger partial charge in [-0.25, -0.2) is 4.98 Å². The molecule has 2 unspecified atom stereocenters. The lowest BCUT2D eigenvalue weighted by Gasteiger charge is -2.30. The SMILES string of the molecule is CC[C@H]1S[C@@H](n2cnc3c2NC(NC(=O)C(C)C)NC3=O)[C@@H](OCCOC)C1O. The number of nitrogens with zero attached hydrogens (tertiary/aromatic N) is 2. The third-order valence-corrected chi connectivity index (χ3v) is 6.70. The van der Waals surface area contributed by atoms with Crippen molar-refractivity contribution in [3.63, 3.8) is 0 Å². The number of aliphatic hydroxyl groups excluding tert-OH is 1. The number of fused-ring (bicyclic) bond motifs is 1. The van der Waals surface area contributed by atoms with Crippen LogP contribution < -0.4 is 16.0 Å². The highest BCUT2D eigenvalue weighted by atomic mass is 32.2. The van der Waals surface area contributed by atoms with Gasteiger partial charge in [0.15, 0.2) is 12.0 Å². The second kappa shape index (κ2) is 9.33. The number of thioether (sulfide) groups is 1. The molecule has 2 aliphatic heterocycles. The predicted octanol–water partition coefficient (Wildman–Crippen LogP) is 0.511. The van der Waals surface area contributed by atoms with Gasteiger partial charge in [0.1, 0.15) is 17.3 Å². The number of nitrogens with one attached hydrogen (secondary N) is 3. The Morgan fingerprint density at radius 3 is 2.83 bits per heavy atom. The molecule has 29 heavy (non-hydrogen) atoms. The van der Waals surface area contributed by atoms with Gasteiger partial charge in [0, 0.05) is 18.3 Å². The minimum absolute atomic E-state index is 0.000507. The van der Waals surface area contributed by atoms with E-state index in [1.54, 1.807) is 39.0 Å². The van der Waals surface area contributed by atoms with Gasteiger partial charge in [0.25, 0.3) is 5.91 Å². The summed E-state index contributed by atoms with van der Waals surface area (Å²) in [5.41, 5.74) is 0.241. The number of imidazole rings is 1. The number of hydrogen-bond donors (Lipinski definition) is 4. The smallest absolute Gasteiger partial charge is 0.276 e. The van der Waals surface area contributed by atoms with Crippen LogP contribution >= 0.6 is 11.8 Å². The molecule has 162 valence electrons. The molecule has 0 aromatic carbocycles. The van der Waals surface area contributed by atoms with E-state index in [9.17, 15) is 14.7 Å². The largest absolute Gasteiger partial charge is 0.389 e. The summed E-state index contributed by atoms with van der Waals surface area (Å²) < 4.78 is 12.8. The van der Waals surface area contributed by atoms with Gasteiger partial charge >= 0.3 is 0 Å². The van der Waals surface area contributed by atoms with E-state index in [2.05, 4.69) is 20.9 Å². The van der Waals surface area contributed by atoms with E-state index in [0.29, 0.717) is 19.0 Å².